The van der Waals surface area contributed by atoms with E-state index in [2.05, 4.69) is 106 Å². The molecule has 0 aromatic heterocycles. The summed E-state index contributed by atoms with van der Waals surface area (Å²) in [6, 6.07) is 4.89. The summed E-state index contributed by atoms with van der Waals surface area (Å²) in [6.45, 7) is 30.8. The van der Waals surface area contributed by atoms with Crippen LogP contribution in [-0.2, 0) is 0 Å². The summed E-state index contributed by atoms with van der Waals surface area (Å²) in [5.41, 5.74) is 11.4. The number of aryl methyl sites for hydroxylation is 2. The fraction of sp³-hybridized carbons (Fsp3) is 0.763. The highest BCUT2D eigenvalue weighted by molar-refractivity contribution is 5.71. The van der Waals surface area contributed by atoms with Gasteiger partial charge in [-0.1, -0.05) is 252 Å². The smallest absolute Gasteiger partial charge is 0.0159 e. The molecule has 0 saturated heterocycles. The van der Waals surface area contributed by atoms with Gasteiger partial charge in [0, 0.05) is 0 Å². The van der Waals surface area contributed by atoms with Gasteiger partial charge < -0.3 is 0 Å². The van der Waals surface area contributed by atoms with Gasteiger partial charge >= 0.3 is 0 Å². The van der Waals surface area contributed by atoms with Crippen LogP contribution >= 0.6 is 0 Å². The Morgan fingerprint density at radius 2 is 1.10 bits per heavy atom. The molecule has 0 aliphatic heterocycles. The average Bonchev–Trinajstić information content (AvgIpc) is 3.74. The molecule has 0 amide bonds. The number of hydrogen-bond donors (Lipinski definition) is 0. The van der Waals surface area contributed by atoms with E-state index >= 15 is 0 Å². The van der Waals surface area contributed by atoms with E-state index in [4.69, 9.17) is 0 Å². The molecule has 0 radical (unpaired) electrons. The molecule has 59 heavy (non-hydrogen) atoms. The molecule has 0 heteroatoms. The van der Waals surface area contributed by atoms with Gasteiger partial charge in [0.05, 0.1) is 0 Å². The van der Waals surface area contributed by atoms with Gasteiger partial charge in [0.25, 0.3) is 0 Å². The Bertz CT molecular complexity index is 1250. The lowest BCUT2D eigenvalue weighted by Crippen LogP contribution is -2.11. The second kappa shape index (κ2) is 37.9. The first-order chi connectivity index (χ1) is 28.6. The van der Waals surface area contributed by atoms with Crippen molar-refractivity contribution in [3.63, 3.8) is 0 Å². The lowest BCUT2D eigenvalue weighted by atomic mass is 9.77. The molecule has 0 bridgehead atoms. The van der Waals surface area contributed by atoms with Crippen LogP contribution in [0, 0.1) is 31.6 Å². The summed E-state index contributed by atoms with van der Waals surface area (Å²) in [7, 11) is 0. The molecule has 0 nitrogen and oxygen atoms in total. The fourth-order valence-electron chi connectivity index (χ4n) is 8.73. The van der Waals surface area contributed by atoms with E-state index in [-0.39, 0.29) is 0 Å². The fourth-order valence-corrected chi connectivity index (χ4v) is 8.73. The van der Waals surface area contributed by atoms with Crippen LogP contribution < -0.4 is 0 Å². The second-order valence-corrected chi connectivity index (χ2v) is 18.6. The highest BCUT2D eigenvalue weighted by atomic mass is 14.3. The standard InChI is InChI=1S/C30H44.C16H32.C9H18.2C2H6/c1-9-11-13-28(23(5)17-16-22(4)21(3)10-2)19-26(8)29-20-30(27-14-12-15-27)25(7)18-24(29)6;1-2-3-4-5-6-7-8-9-10-11-13-16-14-12-15-16;1-2-3-6-9-7-4-5-8-9;2*1-2/h13,16-21,27H,9-12,14-15H2,1-8H3;16H,2-15H2,1H3;9H,2-8H2,1H3;2*1-2H3/b22-16-,23-17+,26-19-,28-13-;;;;. The van der Waals surface area contributed by atoms with Crippen molar-refractivity contribution < 1.29 is 0 Å². The molecular weight excluding hydrogens is 709 g/mol. The summed E-state index contributed by atoms with van der Waals surface area (Å²) in [5.74, 6) is 3.68. The van der Waals surface area contributed by atoms with Gasteiger partial charge in [-0.15, -0.1) is 0 Å². The molecule has 4 rings (SSSR count). The van der Waals surface area contributed by atoms with Crippen molar-refractivity contribution in [2.24, 2.45) is 17.8 Å². The van der Waals surface area contributed by atoms with Gasteiger partial charge in [0.1, 0.15) is 0 Å². The predicted molar refractivity (Wildman–Crippen MR) is 274 cm³/mol. The van der Waals surface area contributed by atoms with Crippen LogP contribution in [0.25, 0.3) is 5.57 Å². The summed E-state index contributed by atoms with van der Waals surface area (Å²) in [5, 5.41) is 0. The van der Waals surface area contributed by atoms with Crippen LogP contribution in [-0.4, -0.2) is 0 Å². The van der Waals surface area contributed by atoms with E-state index in [1.807, 2.05) is 27.7 Å². The first-order valence-electron chi connectivity index (χ1n) is 26.5. The van der Waals surface area contributed by atoms with Crippen molar-refractivity contribution in [2.45, 2.75) is 276 Å². The predicted octanol–water partition coefficient (Wildman–Crippen LogP) is 21.2. The van der Waals surface area contributed by atoms with Gasteiger partial charge in [-0.2, -0.15) is 0 Å². The third-order valence-corrected chi connectivity index (χ3v) is 13.7. The van der Waals surface area contributed by atoms with Crippen LogP contribution in [0.15, 0.2) is 53.2 Å². The molecule has 3 aliphatic carbocycles. The number of rotatable bonds is 23. The van der Waals surface area contributed by atoms with Gasteiger partial charge in [-0.25, -0.2) is 0 Å². The van der Waals surface area contributed by atoms with Crippen molar-refractivity contribution in [1.82, 2.24) is 0 Å². The average molecular weight is 815 g/mol. The van der Waals surface area contributed by atoms with E-state index < -0.39 is 0 Å². The molecule has 342 valence electrons. The molecule has 1 aromatic rings. The molecule has 0 heterocycles. The Labute approximate surface area is 373 Å². The molecule has 1 unspecified atom stereocenters. The molecular formula is C59H106. The van der Waals surface area contributed by atoms with Crippen molar-refractivity contribution in [2.75, 3.05) is 0 Å². The van der Waals surface area contributed by atoms with Gasteiger partial charge in [-0.3, -0.25) is 0 Å². The Morgan fingerprint density at radius 3 is 1.58 bits per heavy atom. The topological polar surface area (TPSA) is 0 Å². The Kier molecular flexibility index (Phi) is 36.7. The first-order valence-corrected chi connectivity index (χ1v) is 26.5. The summed E-state index contributed by atoms with van der Waals surface area (Å²) < 4.78 is 0. The quantitative estimate of drug-likeness (QED) is 0.0763. The third kappa shape index (κ3) is 25.7. The normalized spacial score (nSPS) is 16.9. The number of benzene rings is 1. The van der Waals surface area contributed by atoms with Crippen molar-refractivity contribution >= 4 is 5.57 Å². The monoisotopic (exact) mass is 815 g/mol. The van der Waals surface area contributed by atoms with Crippen LogP contribution in [0.2, 0.25) is 0 Å². The molecule has 0 spiro atoms. The number of unbranched alkanes of at least 4 members (excludes halogenated alkanes) is 11. The zero-order valence-electron chi connectivity index (χ0n) is 42.9. The van der Waals surface area contributed by atoms with Crippen molar-refractivity contribution in [3.05, 3.63) is 75.4 Å². The van der Waals surface area contributed by atoms with E-state index in [1.165, 1.54) is 206 Å². The summed E-state index contributed by atoms with van der Waals surface area (Å²) in [6.07, 6.45) is 48.4. The van der Waals surface area contributed by atoms with E-state index in [1.54, 1.807) is 5.56 Å². The molecule has 0 N–H and O–H groups in total. The second-order valence-electron chi connectivity index (χ2n) is 18.6. The van der Waals surface area contributed by atoms with Crippen LogP contribution in [0.1, 0.15) is 285 Å². The first kappa shape index (κ1) is 57.2. The molecule has 3 saturated carbocycles. The number of allylic oxidation sites excluding steroid dienone is 8. The van der Waals surface area contributed by atoms with Gasteiger partial charge in [-0.05, 0) is 123 Å². The zero-order chi connectivity index (χ0) is 44.3. The van der Waals surface area contributed by atoms with Crippen molar-refractivity contribution in [1.29, 1.82) is 0 Å². The highest BCUT2D eigenvalue weighted by Gasteiger charge is 2.22. The minimum Gasteiger partial charge on any atom is -0.0770 e. The maximum atomic E-state index is 2.49. The SMILES string of the molecule is CC.CC.CCC/C=C(/C=C(/C)c1cc(C2CCC2)c(C)cc1C)C(\C)=C\C=C(\C)C(C)CC.CCCCC1CCCC1.CCCCCCCCCCCCC1CCC1. The Balaban J connectivity index is 0.000000961. The summed E-state index contributed by atoms with van der Waals surface area (Å²) in [4.78, 5) is 0. The third-order valence-electron chi connectivity index (χ3n) is 13.7. The largest absolute Gasteiger partial charge is 0.0770 e. The van der Waals surface area contributed by atoms with Crippen molar-refractivity contribution in [3.8, 4) is 0 Å². The molecule has 3 fully saturated rings. The Morgan fingerprint density at radius 1 is 0.593 bits per heavy atom. The Hall–Kier alpha value is -1.82. The van der Waals surface area contributed by atoms with Gasteiger partial charge in [0.15, 0.2) is 0 Å². The van der Waals surface area contributed by atoms with Gasteiger partial charge in [0.2, 0.25) is 0 Å². The lowest BCUT2D eigenvalue weighted by Gasteiger charge is -2.28. The van der Waals surface area contributed by atoms with Crippen LogP contribution in [0.4, 0.5) is 0 Å². The summed E-state index contributed by atoms with van der Waals surface area (Å²) >= 11 is 0. The van der Waals surface area contributed by atoms with Crippen LogP contribution in [0.3, 0.4) is 0 Å². The molecule has 3 aliphatic rings. The molecule has 1 aromatic carbocycles. The highest BCUT2D eigenvalue weighted by Crippen LogP contribution is 2.40. The maximum absolute atomic E-state index is 2.49. The zero-order valence-corrected chi connectivity index (χ0v) is 42.9. The van der Waals surface area contributed by atoms with E-state index in [0.717, 1.165) is 24.2 Å². The molecule has 1 atom stereocenters. The minimum absolute atomic E-state index is 0.648. The van der Waals surface area contributed by atoms with E-state index in [0.29, 0.717) is 5.92 Å². The lowest BCUT2D eigenvalue weighted by molar-refractivity contribution is 0.286. The number of hydrogen-bond acceptors (Lipinski definition) is 0. The van der Waals surface area contributed by atoms with E-state index in [9.17, 15) is 0 Å². The maximum Gasteiger partial charge on any atom is -0.0159 e. The van der Waals surface area contributed by atoms with Crippen LogP contribution in [0.5, 0.6) is 0 Å². The minimum atomic E-state index is 0.648.